The Balaban J connectivity index is 1.85. The van der Waals surface area contributed by atoms with E-state index in [0.29, 0.717) is 34.9 Å². The highest BCUT2D eigenvalue weighted by atomic mass is 32.2. The first kappa shape index (κ1) is 17.7. The van der Waals surface area contributed by atoms with Crippen molar-refractivity contribution in [2.75, 3.05) is 30.0 Å². The Kier molecular flexibility index (Phi) is 4.23. The van der Waals surface area contributed by atoms with Gasteiger partial charge in [-0.25, -0.2) is 23.1 Å². The van der Waals surface area contributed by atoms with Crippen LogP contribution in [0.1, 0.15) is 12.8 Å². The average molecular weight is 387 g/mol. The second-order valence-electron chi connectivity index (χ2n) is 6.81. The lowest BCUT2D eigenvalue weighted by Gasteiger charge is -2.31. The van der Waals surface area contributed by atoms with Gasteiger partial charge in [0.05, 0.1) is 10.6 Å². The molecule has 2 aromatic heterocycles. The summed E-state index contributed by atoms with van der Waals surface area (Å²) in [7, 11) is -3.27. The van der Waals surface area contributed by atoms with E-state index in [-0.39, 0.29) is 10.9 Å². The van der Waals surface area contributed by atoms with Crippen LogP contribution in [0.5, 0.6) is 0 Å². The minimum absolute atomic E-state index is 0.0823. The Morgan fingerprint density at radius 1 is 1.19 bits per heavy atom. The molecule has 1 saturated heterocycles. The standard InChI is InChI=1S/C17H21N7O2S/c1-27(25,26)13-6-4-12(5-7-13)24-16-14(15(19)20-10-21-16)17(22-24)23-8-2-3-11(18)9-23/h4-7,10-11H,2-3,8-9,18H2,1H3,(H2,19,20,21)/t11-/m1/s1. The fourth-order valence-corrected chi connectivity index (χ4v) is 4.03. The highest BCUT2D eigenvalue weighted by molar-refractivity contribution is 7.90. The zero-order chi connectivity index (χ0) is 19.2. The van der Waals surface area contributed by atoms with E-state index >= 15 is 0 Å². The maximum Gasteiger partial charge on any atom is 0.175 e. The molecular formula is C17H21N7O2S. The molecule has 0 unspecified atom stereocenters. The summed E-state index contributed by atoms with van der Waals surface area (Å²) in [6.07, 6.45) is 4.53. The molecule has 0 saturated carbocycles. The van der Waals surface area contributed by atoms with Crippen molar-refractivity contribution in [3.63, 3.8) is 0 Å². The highest BCUT2D eigenvalue weighted by Crippen LogP contribution is 2.32. The molecule has 0 aliphatic carbocycles. The summed E-state index contributed by atoms with van der Waals surface area (Å²) in [5, 5.41) is 5.40. The SMILES string of the molecule is CS(=O)(=O)c1ccc(-n2nc(N3CCC[C@@H](N)C3)c3c(N)ncnc32)cc1. The Morgan fingerprint density at radius 3 is 2.59 bits per heavy atom. The number of sulfone groups is 1. The van der Waals surface area contributed by atoms with Crippen molar-refractivity contribution in [1.82, 2.24) is 19.7 Å². The number of nitrogen functional groups attached to an aromatic ring is 1. The lowest BCUT2D eigenvalue weighted by atomic mass is 10.1. The van der Waals surface area contributed by atoms with Crippen LogP contribution < -0.4 is 16.4 Å². The van der Waals surface area contributed by atoms with E-state index in [1.807, 2.05) is 0 Å². The van der Waals surface area contributed by atoms with Crippen LogP contribution in [0, 0.1) is 0 Å². The van der Waals surface area contributed by atoms with Crippen LogP contribution in [-0.4, -0.2) is 53.6 Å². The zero-order valence-corrected chi connectivity index (χ0v) is 15.7. The number of piperidine rings is 1. The van der Waals surface area contributed by atoms with Gasteiger partial charge in [0.15, 0.2) is 21.3 Å². The second kappa shape index (κ2) is 6.46. The maximum atomic E-state index is 11.7. The molecule has 0 bridgehead atoms. The van der Waals surface area contributed by atoms with Gasteiger partial charge in [-0.15, -0.1) is 5.10 Å². The fourth-order valence-electron chi connectivity index (χ4n) is 3.39. The van der Waals surface area contributed by atoms with Gasteiger partial charge in [0.25, 0.3) is 0 Å². The summed E-state index contributed by atoms with van der Waals surface area (Å²) in [5.74, 6) is 1.05. The number of rotatable bonds is 3. The molecule has 1 atom stereocenters. The molecule has 0 amide bonds. The third-order valence-electron chi connectivity index (χ3n) is 4.74. The van der Waals surface area contributed by atoms with Crippen molar-refractivity contribution in [2.24, 2.45) is 5.73 Å². The molecule has 3 aromatic rings. The quantitative estimate of drug-likeness (QED) is 0.672. The molecule has 1 aromatic carbocycles. The van der Waals surface area contributed by atoms with Crippen LogP contribution in [0.2, 0.25) is 0 Å². The molecule has 142 valence electrons. The van der Waals surface area contributed by atoms with Crippen molar-refractivity contribution in [3.8, 4) is 5.69 Å². The van der Waals surface area contributed by atoms with Gasteiger partial charge in [0, 0.05) is 25.4 Å². The first-order valence-electron chi connectivity index (χ1n) is 8.65. The lowest BCUT2D eigenvalue weighted by molar-refractivity contribution is 0.503. The number of fused-ring (bicyclic) bond motifs is 1. The summed E-state index contributed by atoms with van der Waals surface area (Å²) >= 11 is 0. The van der Waals surface area contributed by atoms with Gasteiger partial charge < -0.3 is 16.4 Å². The number of anilines is 2. The summed E-state index contributed by atoms with van der Waals surface area (Å²) in [6, 6.07) is 6.59. The first-order chi connectivity index (χ1) is 12.8. The van der Waals surface area contributed by atoms with Crippen molar-refractivity contribution in [1.29, 1.82) is 0 Å². The molecule has 0 radical (unpaired) electrons. The van der Waals surface area contributed by atoms with Crippen molar-refractivity contribution in [3.05, 3.63) is 30.6 Å². The van der Waals surface area contributed by atoms with Gasteiger partial charge in [0.2, 0.25) is 0 Å². The minimum atomic E-state index is -3.27. The summed E-state index contributed by atoms with van der Waals surface area (Å²) in [5.41, 5.74) is 13.5. The van der Waals surface area contributed by atoms with E-state index in [2.05, 4.69) is 14.9 Å². The highest BCUT2D eigenvalue weighted by Gasteiger charge is 2.25. The largest absolute Gasteiger partial charge is 0.383 e. The summed E-state index contributed by atoms with van der Waals surface area (Å²) in [4.78, 5) is 10.8. The molecule has 0 spiro atoms. The van der Waals surface area contributed by atoms with Gasteiger partial charge in [-0.05, 0) is 37.1 Å². The number of hydrogen-bond acceptors (Lipinski definition) is 8. The van der Waals surface area contributed by atoms with Crippen LogP contribution in [0.3, 0.4) is 0 Å². The molecule has 4 N–H and O–H groups in total. The minimum Gasteiger partial charge on any atom is -0.383 e. The second-order valence-corrected chi connectivity index (χ2v) is 8.82. The van der Waals surface area contributed by atoms with Crippen LogP contribution in [-0.2, 0) is 9.84 Å². The Hall–Kier alpha value is -2.72. The molecule has 3 heterocycles. The van der Waals surface area contributed by atoms with E-state index < -0.39 is 9.84 Å². The first-order valence-corrected chi connectivity index (χ1v) is 10.5. The van der Waals surface area contributed by atoms with Gasteiger partial charge in [-0.1, -0.05) is 0 Å². The number of hydrogen-bond donors (Lipinski definition) is 2. The number of nitrogens with zero attached hydrogens (tertiary/aromatic N) is 5. The van der Waals surface area contributed by atoms with Crippen LogP contribution in [0.15, 0.2) is 35.5 Å². The van der Waals surface area contributed by atoms with Crippen LogP contribution >= 0.6 is 0 Å². The predicted octanol–water partition coefficient (Wildman–Crippen LogP) is 0.729. The van der Waals surface area contributed by atoms with E-state index in [0.717, 1.165) is 19.4 Å². The molecule has 1 aliphatic rings. The third kappa shape index (κ3) is 3.21. The van der Waals surface area contributed by atoms with Gasteiger partial charge in [-0.3, -0.25) is 0 Å². The number of aromatic nitrogens is 4. The van der Waals surface area contributed by atoms with Gasteiger partial charge in [-0.2, -0.15) is 0 Å². The molecular weight excluding hydrogens is 366 g/mol. The fraction of sp³-hybridized carbons (Fsp3) is 0.353. The topological polar surface area (TPSA) is 133 Å². The Bertz CT molecular complexity index is 1090. The normalized spacial score (nSPS) is 18.1. The van der Waals surface area contributed by atoms with Gasteiger partial charge in [0.1, 0.15) is 17.5 Å². The molecule has 4 rings (SSSR count). The van der Waals surface area contributed by atoms with Crippen molar-refractivity contribution >= 4 is 32.5 Å². The van der Waals surface area contributed by atoms with Crippen LogP contribution in [0.25, 0.3) is 16.7 Å². The number of benzene rings is 1. The smallest absolute Gasteiger partial charge is 0.175 e. The van der Waals surface area contributed by atoms with E-state index in [4.69, 9.17) is 16.6 Å². The summed E-state index contributed by atoms with van der Waals surface area (Å²) in [6.45, 7) is 1.52. The molecule has 10 heteroatoms. The lowest BCUT2D eigenvalue weighted by Crippen LogP contribution is -2.43. The van der Waals surface area contributed by atoms with Crippen molar-refractivity contribution in [2.45, 2.75) is 23.8 Å². The van der Waals surface area contributed by atoms with E-state index in [9.17, 15) is 8.42 Å². The predicted molar refractivity (Wildman–Crippen MR) is 104 cm³/mol. The zero-order valence-electron chi connectivity index (χ0n) is 14.9. The van der Waals surface area contributed by atoms with Gasteiger partial charge >= 0.3 is 0 Å². The van der Waals surface area contributed by atoms with Crippen molar-refractivity contribution < 1.29 is 8.42 Å². The third-order valence-corrected chi connectivity index (χ3v) is 5.87. The molecule has 1 aliphatic heterocycles. The Morgan fingerprint density at radius 2 is 1.93 bits per heavy atom. The molecule has 27 heavy (non-hydrogen) atoms. The number of nitrogens with two attached hydrogens (primary N) is 2. The maximum absolute atomic E-state index is 11.7. The molecule has 9 nitrogen and oxygen atoms in total. The Labute approximate surface area is 156 Å². The molecule has 1 fully saturated rings. The van der Waals surface area contributed by atoms with E-state index in [1.165, 1.54) is 12.6 Å². The van der Waals surface area contributed by atoms with Crippen LogP contribution in [0.4, 0.5) is 11.6 Å². The summed E-state index contributed by atoms with van der Waals surface area (Å²) < 4.78 is 25.1. The van der Waals surface area contributed by atoms with E-state index in [1.54, 1.807) is 28.9 Å². The monoisotopic (exact) mass is 387 g/mol. The average Bonchev–Trinajstić information content (AvgIpc) is 3.02.